The highest BCUT2D eigenvalue weighted by molar-refractivity contribution is 5.84. The number of hydrazone groups is 1. The Bertz CT molecular complexity index is 670. The number of nitrogens with one attached hydrogen (secondary N) is 1. The number of hydrogen-bond donors (Lipinski definition) is 3. The zero-order valence-electron chi connectivity index (χ0n) is 10.2. The summed E-state index contributed by atoms with van der Waals surface area (Å²) in [7, 11) is 0. The van der Waals surface area contributed by atoms with Crippen LogP contribution in [0.2, 0.25) is 0 Å². The number of nitro groups is 1. The van der Waals surface area contributed by atoms with Crippen molar-refractivity contribution in [1.82, 2.24) is 0 Å². The molecule has 0 amide bonds. The second-order valence-corrected chi connectivity index (χ2v) is 3.89. The molecule has 2 aromatic carbocycles. The maximum absolute atomic E-state index is 10.8. The SMILES string of the molecule is O=[N+]([O-])c1ccccc1NN=Cc1ccc(O)cc1O. The Morgan fingerprint density at radius 2 is 1.95 bits per heavy atom. The van der Waals surface area contributed by atoms with Gasteiger partial charge in [0.15, 0.2) is 0 Å². The number of hydrogen-bond acceptors (Lipinski definition) is 6. The second-order valence-electron chi connectivity index (χ2n) is 3.89. The summed E-state index contributed by atoms with van der Waals surface area (Å²) in [6, 6.07) is 10.1. The highest BCUT2D eigenvalue weighted by Gasteiger charge is 2.10. The number of anilines is 1. The van der Waals surface area contributed by atoms with Gasteiger partial charge in [-0.25, -0.2) is 0 Å². The van der Waals surface area contributed by atoms with E-state index in [1.165, 1.54) is 36.5 Å². The molecule has 0 saturated carbocycles. The fourth-order valence-electron chi connectivity index (χ4n) is 1.54. The first-order valence-electron chi connectivity index (χ1n) is 5.62. The lowest BCUT2D eigenvalue weighted by Crippen LogP contribution is -1.96. The predicted molar refractivity (Wildman–Crippen MR) is 74.1 cm³/mol. The van der Waals surface area contributed by atoms with Crippen LogP contribution >= 0.6 is 0 Å². The largest absolute Gasteiger partial charge is 0.508 e. The molecular weight excluding hydrogens is 262 g/mol. The first-order valence-corrected chi connectivity index (χ1v) is 5.62. The van der Waals surface area contributed by atoms with Crippen LogP contribution < -0.4 is 5.43 Å². The Morgan fingerprint density at radius 3 is 2.65 bits per heavy atom. The van der Waals surface area contributed by atoms with Crippen molar-refractivity contribution in [3.8, 4) is 11.5 Å². The molecule has 7 nitrogen and oxygen atoms in total. The van der Waals surface area contributed by atoms with E-state index in [1.54, 1.807) is 12.1 Å². The lowest BCUT2D eigenvalue weighted by Gasteiger charge is -2.02. The molecule has 3 N–H and O–H groups in total. The number of phenolic OH excluding ortho intramolecular Hbond substituents is 2. The molecule has 0 aliphatic heterocycles. The standard InChI is InChI=1S/C13H11N3O4/c17-10-6-5-9(13(18)7-10)8-14-15-11-3-1-2-4-12(11)16(19)20/h1-8,15,17-18H. The smallest absolute Gasteiger partial charge is 0.294 e. The average molecular weight is 273 g/mol. The van der Waals surface area contributed by atoms with Crippen molar-refractivity contribution in [3.63, 3.8) is 0 Å². The Hall–Kier alpha value is -3.09. The van der Waals surface area contributed by atoms with Crippen molar-refractivity contribution < 1.29 is 15.1 Å². The summed E-state index contributed by atoms with van der Waals surface area (Å²) in [5.41, 5.74) is 3.05. The summed E-state index contributed by atoms with van der Waals surface area (Å²) < 4.78 is 0. The predicted octanol–water partition coefficient (Wildman–Crippen LogP) is 2.45. The molecule has 0 radical (unpaired) electrons. The van der Waals surface area contributed by atoms with Gasteiger partial charge in [0, 0.05) is 17.7 Å². The normalized spacial score (nSPS) is 10.6. The Balaban J connectivity index is 2.16. The molecule has 0 aliphatic carbocycles. The number of nitrogens with zero attached hydrogens (tertiary/aromatic N) is 2. The van der Waals surface area contributed by atoms with Gasteiger partial charge in [0.2, 0.25) is 0 Å². The number of nitro benzene ring substituents is 1. The van der Waals surface area contributed by atoms with Crippen molar-refractivity contribution in [1.29, 1.82) is 0 Å². The molecule has 0 atom stereocenters. The van der Waals surface area contributed by atoms with Crippen LogP contribution in [-0.2, 0) is 0 Å². The third-order valence-corrected chi connectivity index (χ3v) is 2.50. The minimum Gasteiger partial charge on any atom is -0.508 e. The van der Waals surface area contributed by atoms with E-state index in [1.807, 2.05) is 0 Å². The molecule has 102 valence electrons. The molecule has 0 saturated heterocycles. The molecule has 0 spiro atoms. The molecule has 0 fully saturated rings. The quantitative estimate of drug-likeness (QED) is 0.450. The van der Waals surface area contributed by atoms with Crippen LogP contribution in [0.25, 0.3) is 0 Å². The van der Waals surface area contributed by atoms with Gasteiger partial charge < -0.3 is 10.2 Å². The number of rotatable bonds is 4. The van der Waals surface area contributed by atoms with Crippen LogP contribution in [0.3, 0.4) is 0 Å². The zero-order valence-corrected chi connectivity index (χ0v) is 10.2. The lowest BCUT2D eigenvalue weighted by molar-refractivity contribution is -0.384. The van der Waals surface area contributed by atoms with Gasteiger partial charge in [-0.05, 0) is 18.2 Å². The molecule has 2 aromatic rings. The highest BCUT2D eigenvalue weighted by atomic mass is 16.6. The van der Waals surface area contributed by atoms with Gasteiger partial charge in [-0.1, -0.05) is 12.1 Å². The van der Waals surface area contributed by atoms with Crippen LogP contribution in [0, 0.1) is 10.1 Å². The van der Waals surface area contributed by atoms with E-state index in [0.29, 0.717) is 5.56 Å². The molecule has 0 heterocycles. The number of aromatic hydroxyl groups is 2. The molecular formula is C13H11N3O4. The first-order chi connectivity index (χ1) is 9.58. The van der Waals surface area contributed by atoms with Gasteiger partial charge >= 0.3 is 0 Å². The number of phenols is 2. The van der Waals surface area contributed by atoms with Gasteiger partial charge in [0.25, 0.3) is 5.69 Å². The second kappa shape index (κ2) is 5.70. The van der Waals surface area contributed by atoms with E-state index in [2.05, 4.69) is 10.5 Å². The van der Waals surface area contributed by atoms with Crippen LogP contribution in [0.4, 0.5) is 11.4 Å². The van der Waals surface area contributed by atoms with Gasteiger partial charge in [0.1, 0.15) is 17.2 Å². The van der Waals surface area contributed by atoms with Gasteiger partial charge in [-0.3, -0.25) is 15.5 Å². The fraction of sp³-hybridized carbons (Fsp3) is 0. The van der Waals surface area contributed by atoms with Crippen molar-refractivity contribution in [2.75, 3.05) is 5.43 Å². The molecule has 7 heteroatoms. The summed E-state index contributed by atoms with van der Waals surface area (Å²) in [5.74, 6) is -0.204. The number of benzene rings is 2. The molecule has 20 heavy (non-hydrogen) atoms. The summed E-state index contributed by atoms with van der Waals surface area (Å²) in [6.07, 6.45) is 1.30. The van der Waals surface area contributed by atoms with Crippen LogP contribution in [0.15, 0.2) is 47.6 Å². The van der Waals surface area contributed by atoms with E-state index >= 15 is 0 Å². The van der Waals surface area contributed by atoms with Crippen LogP contribution in [-0.4, -0.2) is 21.4 Å². The summed E-state index contributed by atoms with van der Waals surface area (Å²) in [6.45, 7) is 0. The van der Waals surface area contributed by atoms with Crippen molar-refractivity contribution >= 4 is 17.6 Å². The fourth-order valence-corrected chi connectivity index (χ4v) is 1.54. The Morgan fingerprint density at radius 1 is 1.20 bits per heavy atom. The lowest BCUT2D eigenvalue weighted by atomic mass is 10.2. The van der Waals surface area contributed by atoms with Gasteiger partial charge in [-0.15, -0.1) is 0 Å². The van der Waals surface area contributed by atoms with Gasteiger partial charge in [-0.2, -0.15) is 5.10 Å². The van der Waals surface area contributed by atoms with Crippen molar-refractivity contribution in [3.05, 3.63) is 58.1 Å². The summed E-state index contributed by atoms with van der Waals surface area (Å²) in [5, 5.41) is 33.3. The van der Waals surface area contributed by atoms with E-state index < -0.39 is 4.92 Å². The van der Waals surface area contributed by atoms with Crippen LogP contribution in [0.5, 0.6) is 11.5 Å². The monoisotopic (exact) mass is 273 g/mol. The van der Waals surface area contributed by atoms with Crippen molar-refractivity contribution in [2.45, 2.75) is 0 Å². The van der Waals surface area contributed by atoms with Crippen molar-refractivity contribution in [2.24, 2.45) is 5.10 Å². The third-order valence-electron chi connectivity index (χ3n) is 2.50. The topological polar surface area (TPSA) is 108 Å². The third kappa shape index (κ3) is 3.02. The van der Waals surface area contributed by atoms with E-state index in [-0.39, 0.29) is 22.9 Å². The molecule has 0 aromatic heterocycles. The molecule has 2 rings (SSSR count). The average Bonchev–Trinajstić information content (AvgIpc) is 2.41. The van der Waals surface area contributed by atoms with E-state index in [9.17, 15) is 15.2 Å². The first kappa shape index (κ1) is 13.3. The molecule has 0 aliphatic rings. The van der Waals surface area contributed by atoms with Gasteiger partial charge in [0.05, 0.1) is 11.1 Å². The Kier molecular flexibility index (Phi) is 3.80. The van der Waals surface area contributed by atoms with Crippen LogP contribution in [0.1, 0.15) is 5.56 Å². The Labute approximate surface area is 114 Å². The number of para-hydroxylation sites is 2. The maximum Gasteiger partial charge on any atom is 0.294 e. The highest BCUT2D eigenvalue weighted by Crippen LogP contribution is 2.24. The minimum atomic E-state index is -0.518. The molecule has 0 unspecified atom stereocenters. The van der Waals surface area contributed by atoms with E-state index in [0.717, 1.165) is 0 Å². The zero-order chi connectivity index (χ0) is 14.5. The summed E-state index contributed by atoms with van der Waals surface area (Å²) >= 11 is 0. The minimum absolute atomic E-state index is 0.0636. The summed E-state index contributed by atoms with van der Waals surface area (Å²) in [4.78, 5) is 10.3. The maximum atomic E-state index is 10.8. The molecule has 0 bridgehead atoms. The van der Waals surface area contributed by atoms with E-state index in [4.69, 9.17) is 5.11 Å².